The molecule has 14 heteroatoms. The van der Waals surface area contributed by atoms with Crippen molar-refractivity contribution in [1.29, 1.82) is 0 Å². The number of aromatic nitrogens is 1. The average Bonchev–Trinajstić information content (AvgIpc) is 3.49. The van der Waals surface area contributed by atoms with Gasteiger partial charge in [-0.1, -0.05) is 35.5 Å². The van der Waals surface area contributed by atoms with Crippen LogP contribution in [0.15, 0.2) is 76.3 Å². The Kier molecular flexibility index (Phi) is 9.58. The molecule has 0 bridgehead atoms. The molecule has 0 spiro atoms. The lowest BCUT2D eigenvalue weighted by Gasteiger charge is -2.36. The Morgan fingerprint density at radius 3 is 2.27 bits per heavy atom. The number of piperazine rings is 1. The Bertz CT molecular complexity index is 1460. The number of hydrogen-bond acceptors (Lipinski definition) is 9. The maximum atomic E-state index is 13.0. The third kappa shape index (κ3) is 7.46. The summed E-state index contributed by atoms with van der Waals surface area (Å²) < 4.78 is 64.9. The smallest absolute Gasteiger partial charge is 0.322 e. The summed E-state index contributed by atoms with van der Waals surface area (Å²) >= 11 is 0. The molecule has 1 unspecified atom stereocenters. The quantitative estimate of drug-likeness (QED) is 0.299. The first-order valence-electron chi connectivity index (χ1n) is 12.7. The van der Waals surface area contributed by atoms with Crippen molar-refractivity contribution in [1.82, 2.24) is 19.1 Å². The van der Waals surface area contributed by atoms with Crippen molar-refractivity contribution in [3.8, 4) is 5.75 Å². The van der Waals surface area contributed by atoms with Crippen molar-refractivity contribution in [2.75, 3.05) is 38.5 Å². The fourth-order valence-electron chi connectivity index (χ4n) is 4.40. The molecule has 4 rings (SSSR count). The molecule has 0 radical (unpaired) electrons. The molecule has 216 valence electrons. The molecule has 1 fully saturated rings. The molecule has 0 saturated carbocycles. The first-order valence-corrected chi connectivity index (χ1v) is 15.8. The minimum Gasteiger partial charge on any atom is -0.484 e. The molecule has 12 nitrogen and oxygen atoms in total. The molecule has 1 aliphatic rings. The van der Waals surface area contributed by atoms with E-state index in [0.717, 1.165) is 5.56 Å². The fourth-order valence-corrected chi connectivity index (χ4v) is 6.53. The zero-order valence-electron chi connectivity index (χ0n) is 21.9. The first-order chi connectivity index (χ1) is 19.1. The number of aliphatic carboxylic acids is 1. The van der Waals surface area contributed by atoms with Crippen LogP contribution in [-0.2, 0) is 31.3 Å². The fraction of sp³-hybridized carbons (Fsp3) is 0.385. The predicted molar refractivity (Wildman–Crippen MR) is 146 cm³/mol. The maximum Gasteiger partial charge on any atom is 0.322 e. The van der Waals surface area contributed by atoms with Crippen LogP contribution in [0, 0.1) is 0 Å². The molecule has 2 heterocycles. The van der Waals surface area contributed by atoms with Gasteiger partial charge in [0.15, 0.2) is 0 Å². The van der Waals surface area contributed by atoms with Gasteiger partial charge in [-0.25, -0.2) is 21.6 Å². The maximum absolute atomic E-state index is 13.0. The van der Waals surface area contributed by atoms with Crippen LogP contribution in [0.3, 0.4) is 0 Å². The summed E-state index contributed by atoms with van der Waals surface area (Å²) in [5.41, 5.74) is 1.62. The minimum absolute atomic E-state index is 0.0348. The third-order valence-corrected chi connectivity index (χ3v) is 10.0. The van der Waals surface area contributed by atoms with Gasteiger partial charge in [-0.2, -0.15) is 4.31 Å². The SMILES string of the molecule is CCS(=O)(=O)N1CCN([C@@H](CNS(=O)(=O)c2ccc(OC(Cc3ccccc3)c3ccon3)cc2)C(=O)O)CC1. The summed E-state index contributed by atoms with van der Waals surface area (Å²) in [6.45, 7) is 1.83. The summed E-state index contributed by atoms with van der Waals surface area (Å²) in [6.07, 6.45) is 1.51. The summed E-state index contributed by atoms with van der Waals surface area (Å²) in [4.78, 5) is 13.4. The second-order valence-corrected chi connectivity index (χ2v) is 13.3. The minimum atomic E-state index is -4.03. The molecule has 0 aliphatic carbocycles. The number of ether oxygens (including phenoxy) is 1. The van der Waals surface area contributed by atoms with Crippen LogP contribution < -0.4 is 9.46 Å². The number of carbonyl (C=O) groups is 1. The summed E-state index contributed by atoms with van der Waals surface area (Å²) in [5, 5.41) is 13.7. The van der Waals surface area contributed by atoms with E-state index in [1.54, 1.807) is 17.9 Å². The summed E-state index contributed by atoms with van der Waals surface area (Å²) in [7, 11) is -7.40. The number of nitrogens with one attached hydrogen (secondary N) is 1. The number of sulfonamides is 2. The van der Waals surface area contributed by atoms with Gasteiger partial charge in [0.25, 0.3) is 0 Å². The molecule has 1 aliphatic heterocycles. The van der Waals surface area contributed by atoms with Crippen LogP contribution >= 0.6 is 0 Å². The Balaban J connectivity index is 1.39. The lowest BCUT2D eigenvalue weighted by molar-refractivity contribution is -0.143. The van der Waals surface area contributed by atoms with E-state index in [9.17, 15) is 26.7 Å². The van der Waals surface area contributed by atoms with Gasteiger partial charge in [-0.05, 0) is 36.8 Å². The largest absolute Gasteiger partial charge is 0.484 e. The highest BCUT2D eigenvalue weighted by Crippen LogP contribution is 2.26. The van der Waals surface area contributed by atoms with Crippen LogP contribution in [0.4, 0.5) is 0 Å². The highest BCUT2D eigenvalue weighted by Gasteiger charge is 2.33. The van der Waals surface area contributed by atoms with Crippen LogP contribution in [0.25, 0.3) is 0 Å². The molecule has 0 amide bonds. The van der Waals surface area contributed by atoms with Gasteiger partial charge in [0.1, 0.15) is 29.9 Å². The molecular weight excluding hydrogens is 560 g/mol. The van der Waals surface area contributed by atoms with E-state index < -0.39 is 38.2 Å². The predicted octanol–water partition coefficient (Wildman–Crippen LogP) is 1.74. The standard InChI is InChI=1S/C26H32N4O8S2/c1-2-39(33,34)30-15-13-29(14-16-30)24(26(31)32)19-27-40(35,36)22-10-8-21(9-11-22)38-25(23-12-17-37-28-23)18-20-6-4-3-5-7-20/h3-12,17,24-25,27H,2,13-16,18-19H2,1H3,(H,31,32)/t24-,25?/m0/s1. The number of carboxylic acid groups (broad SMARTS) is 1. The van der Waals surface area contributed by atoms with E-state index >= 15 is 0 Å². The Morgan fingerprint density at radius 1 is 1.02 bits per heavy atom. The van der Waals surface area contributed by atoms with Gasteiger partial charge >= 0.3 is 5.97 Å². The molecule has 1 aromatic heterocycles. The van der Waals surface area contributed by atoms with E-state index in [0.29, 0.717) is 17.9 Å². The molecule has 3 aromatic rings. The van der Waals surface area contributed by atoms with Crippen LogP contribution in [0.1, 0.15) is 24.3 Å². The van der Waals surface area contributed by atoms with E-state index in [1.165, 1.54) is 34.8 Å². The van der Waals surface area contributed by atoms with Gasteiger partial charge in [0.2, 0.25) is 20.0 Å². The first kappa shape index (κ1) is 29.7. The third-order valence-electron chi connectivity index (χ3n) is 6.69. The van der Waals surface area contributed by atoms with Gasteiger partial charge < -0.3 is 14.4 Å². The number of nitrogens with zero attached hydrogens (tertiary/aromatic N) is 3. The highest BCUT2D eigenvalue weighted by atomic mass is 32.2. The van der Waals surface area contributed by atoms with E-state index in [1.807, 2.05) is 30.3 Å². The molecule has 40 heavy (non-hydrogen) atoms. The van der Waals surface area contributed by atoms with Gasteiger partial charge in [-0.3, -0.25) is 9.69 Å². The van der Waals surface area contributed by atoms with Crippen molar-refractivity contribution in [2.45, 2.75) is 30.4 Å². The van der Waals surface area contributed by atoms with Crippen molar-refractivity contribution >= 4 is 26.0 Å². The second-order valence-electron chi connectivity index (χ2n) is 9.23. The number of carboxylic acids is 1. The summed E-state index contributed by atoms with van der Waals surface area (Å²) in [6, 6.07) is 16.1. The van der Waals surface area contributed by atoms with Crippen molar-refractivity contribution in [2.24, 2.45) is 0 Å². The van der Waals surface area contributed by atoms with Gasteiger partial charge in [0, 0.05) is 45.2 Å². The zero-order chi connectivity index (χ0) is 28.8. The monoisotopic (exact) mass is 592 g/mol. The van der Waals surface area contributed by atoms with Crippen LogP contribution in [0.5, 0.6) is 5.75 Å². The number of benzene rings is 2. The topological polar surface area (TPSA) is 159 Å². The lowest BCUT2D eigenvalue weighted by atomic mass is 10.1. The second kappa shape index (κ2) is 12.9. The van der Waals surface area contributed by atoms with E-state index in [-0.39, 0.29) is 43.4 Å². The van der Waals surface area contributed by atoms with E-state index in [2.05, 4.69) is 9.88 Å². The molecule has 2 aromatic carbocycles. The van der Waals surface area contributed by atoms with Crippen molar-refractivity contribution in [3.63, 3.8) is 0 Å². The Hall–Kier alpha value is -3.30. The molecule has 1 saturated heterocycles. The molecular formula is C26H32N4O8S2. The van der Waals surface area contributed by atoms with Crippen LogP contribution in [-0.4, -0.2) is 86.8 Å². The average molecular weight is 593 g/mol. The van der Waals surface area contributed by atoms with Crippen molar-refractivity contribution < 1.29 is 36.0 Å². The normalized spacial score (nSPS) is 16.8. The Labute approximate surface area is 233 Å². The van der Waals surface area contributed by atoms with Crippen molar-refractivity contribution in [3.05, 3.63) is 78.2 Å². The number of hydrogen-bond donors (Lipinski definition) is 2. The van der Waals surface area contributed by atoms with E-state index in [4.69, 9.17) is 9.26 Å². The molecule has 2 N–H and O–H groups in total. The lowest BCUT2D eigenvalue weighted by Crippen LogP contribution is -2.57. The number of rotatable bonds is 13. The van der Waals surface area contributed by atoms with Crippen LogP contribution in [0.2, 0.25) is 0 Å². The Morgan fingerprint density at radius 2 is 1.70 bits per heavy atom. The highest BCUT2D eigenvalue weighted by molar-refractivity contribution is 7.89. The van der Waals surface area contributed by atoms with Gasteiger partial charge in [0.05, 0.1) is 10.6 Å². The summed E-state index contributed by atoms with van der Waals surface area (Å²) in [5.74, 6) is -0.811. The zero-order valence-corrected chi connectivity index (χ0v) is 23.6. The molecule has 2 atom stereocenters. The van der Waals surface area contributed by atoms with Gasteiger partial charge in [-0.15, -0.1) is 0 Å².